The van der Waals surface area contributed by atoms with Gasteiger partial charge in [0.05, 0.1) is 10.8 Å². The molecule has 0 amide bonds. The van der Waals surface area contributed by atoms with Crippen LogP contribution in [-0.4, -0.2) is 15.1 Å². The van der Waals surface area contributed by atoms with E-state index in [0.717, 1.165) is 44.2 Å². The maximum atomic E-state index is 6.09. The lowest BCUT2D eigenvalue weighted by atomic mass is 10.0. The molecule has 0 aliphatic rings. The lowest BCUT2D eigenvalue weighted by Crippen LogP contribution is -1.95. The van der Waals surface area contributed by atoms with E-state index in [9.17, 15) is 0 Å². The normalized spacial score (nSPS) is 10.7. The SMILES string of the molecule is Nc1cccc2cnc(Cc3ccc4cnccc4c3N=C=S)cc12. The van der Waals surface area contributed by atoms with E-state index in [1.165, 1.54) is 0 Å². The monoisotopic (exact) mass is 342 g/mol. The van der Waals surface area contributed by atoms with Crippen LogP contribution in [0.2, 0.25) is 0 Å². The lowest BCUT2D eigenvalue weighted by Gasteiger charge is -2.09. The van der Waals surface area contributed by atoms with E-state index in [1.807, 2.05) is 54.9 Å². The smallest absolute Gasteiger partial charge is 0.0854 e. The molecular formula is C20H14N4S. The number of pyridine rings is 2. The average Bonchev–Trinajstić information content (AvgIpc) is 2.64. The van der Waals surface area contributed by atoms with Crippen LogP contribution in [0.3, 0.4) is 0 Å². The number of nitrogens with zero attached hydrogens (tertiary/aromatic N) is 3. The average molecular weight is 342 g/mol. The highest BCUT2D eigenvalue weighted by atomic mass is 32.1. The topological polar surface area (TPSA) is 64.2 Å². The summed E-state index contributed by atoms with van der Waals surface area (Å²) in [5.74, 6) is 0. The fourth-order valence-corrected chi connectivity index (χ4v) is 3.14. The zero-order valence-corrected chi connectivity index (χ0v) is 14.1. The van der Waals surface area contributed by atoms with Crippen LogP contribution in [0.15, 0.2) is 66.0 Å². The number of rotatable bonds is 3. The number of anilines is 1. The number of fused-ring (bicyclic) bond motifs is 2. The molecule has 120 valence electrons. The van der Waals surface area contributed by atoms with Crippen molar-refractivity contribution in [3.05, 3.63) is 72.3 Å². The summed E-state index contributed by atoms with van der Waals surface area (Å²) in [6.07, 6.45) is 6.06. The van der Waals surface area contributed by atoms with Crippen molar-refractivity contribution in [2.45, 2.75) is 6.42 Å². The number of nitrogens with two attached hydrogens (primary N) is 1. The largest absolute Gasteiger partial charge is 0.398 e. The van der Waals surface area contributed by atoms with E-state index in [-0.39, 0.29) is 0 Å². The van der Waals surface area contributed by atoms with Gasteiger partial charge in [0.25, 0.3) is 0 Å². The minimum absolute atomic E-state index is 0.637. The molecule has 0 radical (unpaired) electrons. The molecule has 4 rings (SSSR count). The Hall–Kier alpha value is -3.14. The second-order valence-corrected chi connectivity index (χ2v) is 5.98. The Balaban J connectivity index is 1.84. The summed E-state index contributed by atoms with van der Waals surface area (Å²) in [7, 11) is 0. The van der Waals surface area contributed by atoms with Crippen molar-refractivity contribution < 1.29 is 0 Å². The molecule has 0 atom stereocenters. The number of thiocarbonyl (C=S) groups is 1. The van der Waals surface area contributed by atoms with Gasteiger partial charge in [-0.15, -0.1) is 0 Å². The molecule has 4 aromatic rings. The number of aromatic nitrogens is 2. The zero-order chi connectivity index (χ0) is 17.2. The number of hydrogen-bond donors (Lipinski definition) is 1. The van der Waals surface area contributed by atoms with Crippen LogP contribution in [0.25, 0.3) is 21.5 Å². The number of hydrogen-bond acceptors (Lipinski definition) is 5. The maximum absolute atomic E-state index is 6.09. The van der Waals surface area contributed by atoms with Crippen LogP contribution in [0.1, 0.15) is 11.3 Å². The summed E-state index contributed by atoms with van der Waals surface area (Å²) in [6.45, 7) is 0. The molecule has 0 fully saturated rings. The first-order valence-corrected chi connectivity index (χ1v) is 8.23. The van der Waals surface area contributed by atoms with Gasteiger partial charge in [-0.05, 0) is 36.0 Å². The van der Waals surface area contributed by atoms with Crippen LogP contribution in [0.5, 0.6) is 0 Å². The highest BCUT2D eigenvalue weighted by Crippen LogP contribution is 2.31. The van der Waals surface area contributed by atoms with Gasteiger partial charge in [0.15, 0.2) is 0 Å². The molecule has 2 aromatic carbocycles. The minimum Gasteiger partial charge on any atom is -0.398 e. The van der Waals surface area contributed by atoms with Crippen LogP contribution in [-0.2, 0) is 6.42 Å². The van der Waals surface area contributed by atoms with E-state index in [1.54, 1.807) is 6.20 Å². The molecule has 2 heterocycles. The van der Waals surface area contributed by atoms with Crippen molar-refractivity contribution in [2.75, 3.05) is 5.73 Å². The molecule has 5 heteroatoms. The first kappa shape index (κ1) is 15.4. The molecule has 25 heavy (non-hydrogen) atoms. The molecule has 0 unspecified atom stereocenters. The van der Waals surface area contributed by atoms with Gasteiger partial charge in [0.2, 0.25) is 0 Å². The fourth-order valence-electron chi connectivity index (χ4n) is 3.05. The van der Waals surface area contributed by atoms with E-state index >= 15 is 0 Å². The summed E-state index contributed by atoms with van der Waals surface area (Å²) >= 11 is 4.84. The molecule has 0 saturated heterocycles. The zero-order valence-electron chi connectivity index (χ0n) is 13.3. The Morgan fingerprint density at radius 2 is 1.92 bits per heavy atom. The van der Waals surface area contributed by atoms with E-state index in [4.69, 9.17) is 18.0 Å². The summed E-state index contributed by atoms with van der Waals surface area (Å²) in [5, 5.41) is 6.56. The number of aliphatic imine (C=N–C) groups is 1. The third kappa shape index (κ3) is 2.87. The first-order valence-electron chi connectivity index (χ1n) is 7.83. The molecule has 2 N–H and O–H groups in total. The standard InChI is InChI=1S/C20H14N4S/c21-19-3-1-2-14-11-23-16(9-18(14)19)8-13-4-5-15-10-22-7-6-17(15)20(13)24-12-25/h1-7,9-11H,8,21H2. The highest BCUT2D eigenvalue weighted by Gasteiger charge is 2.09. The van der Waals surface area contributed by atoms with Crippen LogP contribution >= 0.6 is 12.2 Å². The summed E-state index contributed by atoms with van der Waals surface area (Å²) in [5.41, 5.74) is 9.63. The molecule has 0 aliphatic carbocycles. The van der Waals surface area contributed by atoms with Gasteiger partial charge in [0, 0.05) is 57.9 Å². The molecule has 0 spiro atoms. The van der Waals surface area contributed by atoms with Gasteiger partial charge in [-0.3, -0.25) is 9.97 Å². The number of nitrogen functional groups attached to an aromatic ring is 1. The maximum Gasteiger partial charge on any atom is 0.0854 e. The Morgan fingerprint density at radius 3 is 2.80 bits per heavy atom. The van der Waals surface area contributed by atoms with E-state index < -0.39 is 0 Å². The van der Waals surface area contributed by atoms with Crippen LogP contribution in [0.4, 0.5) is 11.4 Å². The third-order valence-electron chi connectivity index (χ3n) is 4.26. The fraction of sp³-hybridized carbons (Fsp3) is 0.0500. The molecule has 0 saturated carbocycles. The second-order valence-electron chi connectivity index (χ2n) is 5.79. The van der Waals surface area contributed by atoms with Gasteiger partial charge in [-0.2, -0.15) is 4.99 Å². The van der Waals surface area contributed by atoms with Crippen LogP contribution in [0, 0.1) is 0 Å². The Labute approximate surface area is 150 Å². The lowest BCUT2D eigenvalue weighted by molar-refractivity contribution is 1.09. The molecule has 0 bridgehead atoms. The Morgan fingerprint density at radius 1 is 1.04 bits per heavy atom. The number of isothiocyanates is 1. The van der Waals surface area contributed by atoms with Gasteiger partial charge >= 0.3 is 0 Å². The van der Waals surface area contributed by atoms with Gasteiger partial charge in [-0.25, -0.2) is 0 Å². The van der Waals surface area contributed by atoms with Gasteiger partial charge < -0.3 is 5.73 Å². The Bertz CT molecular complexity index is 1150. The van der Waals surface area contributed by atoms with Crippen molar-refractivity contribution >= 4 is 50.3 Å². The predicted molar refractivity (Wildman–Crippen MR) is 105 cm³/mol. The summed E-state index contributed by atoms with van der Waals surface area (Å²) < 4.78 is 0. The van der Waals surface area contributed by atoms with Gasteiger partial charge in [-0.1, -0.05) is 24.3 Å². The third-order valence-corrected chi connectivity index (χ3v) is 4.35. The quantitative estimate of drug-likeness (QED) is 0.333. The van der Waals surface area contributed by atoms with Crippen molar-refractivity contribution in [2.24, 2.45) is 4.99 Å². The minimum atomic E-state index is 0.637. The summed E-state index contributed by atoms with van der Waals surface area (Å²) in [6, 6.07) is 13.9. The van der Waals surface area contributed by atoms with Crippen LogP contribution < -0.4 is 5.73 Å². The van der Waals surface area contributed by atoms with E-state index in [2.05, 4.69) is 20.1 Å². The number of benzene rings is 2. The molecular weight excluding hydrogens is 328 g/mol. The van der Waals surface area contributed by atoms with Crippen molar-refractivity contribution in [1.82, 2.24) is 9.97 Å². The molecule has 4 nitrogen and oxygen atoms in total. The van der Waals surface area contributed by atoms with Crippen molar-refractivity contribution in [3.63, 3.8) is 0 Å². The van der Waals surface area contributed by atoms with Gasteiger partial charge in [0.1, 0.15) is 0 Å². The predicted octanol–water partition coefficient (Wildman–Crippen LogP) is 4.69. The first-order chi connectivity index (χ1) is 12.3. The Kier molecular flexibility index (Phi) is 3.94. The highest BCUT2D eigenvalue weighted by molar-refractivity contribution is 7.78. The molecule has 2 aromatic heterocycles. The summed E-state index contributed by atoms with van der Waals surface area (Å²) in [4.78, 5) is 13.0. The van der Waals surface area contributed by atoms with E-state index in [0.29, 0.717) is 6.42 Å². The van der Waals surface area contributed by atoms with Crippen molar-refractivity contribution in [3.8, 4) is 0 Å². The molecule has 0 aliphatic heterocycles. The van der Waals surface area contributed by atoms with Crippen molar-refractivity contribution in [1.29, 1.82) is 0 Å². The second kappa shape index (κ2) is 6.40.